The van der Waals surface area contributed by atoms with Crippen LogP contribution in [0.5, 0.6) is 5.75 Å². The van der Waals surface area contributed by atoms with Crippen molar-refractivity contribution in [2.24, 2.45) is 0 Å². The molecule has 6 heteroatoms. The Labute approximate surface area is 148 Å². The van der Waals surface area contributed by atoms with E-state index < -0.39 is 12.0 Å². The van der Waals surface area contributed by atoms with E-state index in [0.717, 1.165) is 30.6 Å². The lowest BCUT2D eigenvalue weighted by Gasteiger charge is -2.28. The molecular weight excluding hydrogens is 320 g/mol. The number of amides is 2. The van der Waals surface area contributed by atoms with Crippen molar-refractivity contribution < 1.29 is 19.1 Å². The highest BCUT2D eigenvalue weighted by atomic mass is 16.5. The first kappa shape index (κ1) is 18.8. The van der Waals surface area contributed by atoms with Crippen molar-refractivity contribution >= 4 is 12.0 Å². The summed E-state index contributed by atoms with van der Waals surface area (Å²) in [5, 5.41) is 5.44. The minimum absolute atomic E-state index is 0.334. The molecule has 0 saturated heterocycles. The average molecular weight is 346 g/mol. The fraction of sp³-hybridized carbons (Fsp3) is 0.474. The van der Waals surface area contributed by atoms with Crippen LogP contribution in [0.25, 0.3) is 0 Å². The van der Waals surface area contributed by atoms with E-state index in [1.165, 1.54) is 0 Å². The lowest BCUT2D eigenvalue weighted by Crippen LogP contribution is -2.45. The van der Waals surface area contributed by atoms with Gasteiger partial charge in [0, 0.05) is 5.70 Å². The Balaban J connectivity index is 2.21. The van der Waals surface area contributed by atoms with Gasteiger partial charge in [-0.1, -0.05) is 32.4 Å². The van der Waals surface area contributed by atoms with Crippen molar-refractivity contribution in [1.82, 2.24) is 10.6 Å². The number of esters is 1. The van der Waals surface area contributed by atoms with Gasteiger partial charge in [0.05, 0.1) is 24.8 Å². The Hall–Kier alpha value is -2.50. The fourth-order valence-corrected chi connectivity index (χ4v) is 2.58. The number of rotatable bonds is 8. The molecule has 0 aromatic heterocycles. The Morgan fingerprint density at radius 1 is 1.12 bits per heavy atom. The van der Waals surface area contributed by atoms with E-state index in [1.54, 1.807) is 6.92 Å². The molecule has 1 aromatic carbocycles. The fourth-order valence-electron chi connectivity index (χ4n) is 2.58. The number of carbonyl (C=O) groups excluding carboxylic acids is 2. The van der Waals surface area contributed by atoms with E-state index in [0.29, 0.717) is 24.5 Å². The van der Waals surface area contributed by atoms with Crippen molar-refractivity contribution in [2.45, 2.75) is 46.1 Å². The first-order chi connectivity index (χ1) is 12.1. The van der Waals surface area contributed by atoms with E-state index >= 15 is 0 Å². The molecule has 1 heterocycles. The summed E-state index contributed by atoms with van der Waals surface area (Å²) < 4.78 is 10.9. The number of hydrogen-bond donors (Lipinski definition) is 2. The highest BCUT2D eigenvalue weighted by molar-refractivity contribution is 5.95. The molecule has 6 nitrogen and oxygen atoms in total. The summed E-state index contributed by atoms with van der Waals surface area (Å²) >= 11 is 0. The van der Waals surface area contributed by atoms with E-state index in [1.807, 2.05) is 38.1 Å². The Kier molecular flexibility index (Phi) is 6.86. The van der Waals surface area contributed by atoms with Gasteiger partial charge in [0.2, 0.25) is 0 Å². The largest absolute Gasteiger partial charge is 0.494 e. The Morgan fingerprint density at radius 2 is 1.84 bits per heavy atom. The van der Waals surface area contributed by atoms with Gasteiger partial charge in [-0.3, -0.25) is 0 Å². The molecular formula is C19H26N2O4. The molecule has 0 aliphatic carbocycles. The van der Waals surface area contributed by atoms with E-state index in [-0.39, 0.29) is 6.03 Å². The van der Waals surface area contributed by atoms with E-state index in [4.69, 9.17) is 9.47 Å². The summed E-state index contributed by atoms with van der Waals surface area (Å²) in [4.78, 5) is 24.3. The van der Waals surface area contributed by atoms with Gasteiger partial charge in [-0.15, -0.1) is 0 Å². The number of carbonyl (C=O) groups is 2. The van der Waals surface area contributed by atoms with Crippen LogP contribution in [0.1, 0.15) is 51.6 Å². The number of nitrogens with one attached hydrogen (secondary N) is 2. The van der Waals surface area contributed by atoms with Crippen molar-refractivity contribution in [2.75, 3.05) is 13.2 Å². The maximum atomic E-state index is 12.5. The predicted octanol–water partition coefficient (Wildman–Crippen LogP) is 3.45. The molecule has 2 amide bonds. The number of unbranched alkanes of at least 4 members (excludes halogenated alkanes) is 1. The van der Waals surface area contributed by atoms with Crippen LogP contribution < -0.4 is 15.4 Å². The van der Waals surface area contributed by atoms with Gasteiger partial charge in [0.1, 0.15) is 5.75 Å². The predicted molar refractivity (Wildman–Crippen MR) is 95.2 cm³/mol. The summed E-state index contributed by atoms with van der Waals surface area (Å²) in [5.41, 5.74) is 1.75. The zero-order chi connectivity index (χ0) is 18.2. The van der Waals surface area contributed by atoms with Gasteiger partial charge in [-0.25, -0.2) is 9.59 Å². The zero-order valence-corrected chi connectivity index (χ0v) is 15.1. The van der Waals surface area contributed by atoms with Gasteiger partial charge in [-0.05, 0) is 37.5 Å². The molecule has 0 unspecified atom stereocenters. The summed E-state index contributed by atoms with van der Waals surface area (Å²) in [6.07, 6.45) is 2.69. The molecule has 1 aromatic rings. The minimum Gasteiger partial charge on any atom is -0.494 e. The van der Waals surface area contributed by atoms with Gasteiger partial charge in [0.15, 0.2) is 0 Å². The standard InChI is InChI=1S/C19H26N2O4/c1-4-6-12-25-18(22)16-13(3)20-19(23)21-17(16)14-7-9-15(10-8-14)24-11-5-2/h7-10,17H,4-6,11-12H2,1-3H3,(H2,20,21,23)/t17-/m1/s1. The summed E-state index contributed by atoms with van der Waals surface area (Å²) in [7, 11) is 0. The lowest BCUT2D eigenvalue weighted by atomic mass is 9.95. The Morgan fingerprint density at radius 3 is 2.48 bits per heavy atom. The SMILES string of the molecule is CCCCOC(=O)C1=C(C)NC(=O)N[C@@H]1c1ccc(OCCC)cc1. The molecule has 136 valence electrons. The van der Waals surface area contributed by atoms with Crippen LogP contribution in [0.3, 0.4) is 0 Å². The van der Waals surface area contributed by atoms with Crippen LogP contribution >= 0.6 is 0 Å². The number of benzene rings is 1. The lowest BCUT2D eigenvalue weighted by molar-refractivity contribution is -0.139. The minimum atomic E-state index is -0.539. The highest BCUT2D eigenvalue weighted by Crippen LogP contribution is 2.28. The number of allylic oxidation sites excluding steroid dienone is 1. The highest BCUT2D eigenvalue weighted by Gasteiger charge is 2.32. The van der Waals surface area contributed by atoms with Gasteiger partial charge in [0.25, 0.3) is 0 Å². The topological polar surface area (TPSA) is 76.7 Å². The summed E-state index contributed by atoms with van der Waals surface area (Å²) in [6, 6.07) is 6.52. The second kappa shape index (κ2) is 9.11. The summed E-state index contributed by atoms with van der Waals surface area (Å²) in [6.45, 7) is 6.81. The van der Waals surface area contributed by atoms with Gasteiger partial charge >= 0.3 is 12.0 Å². The monoisotopic (exact) mass is 346 g/mol. The van der Waals surface area contributed by atoms with Gasteiger partial charge < -0.3 is 20.1 Å². The number of ether oxygens (including phenoxy) is 2. The first-order valence-electron chi connectivity index (χ1n) is 8.75. The molecule has 2 rings (SSSR count). The third kappa shape index (κ3) is 4.98. The quantitative estimate of drug-likeness (QED) is 0.558. The molecule has 0 spiro atoms. The Bertz CT molecular complexity index is 637. The first-order valence-corrected chi connectivity index (χ1v) is 8.75. The second-order valence-electron chi connectivity index (χ2n) is 5.98. The van der Waals surface area contributed by atoms with Crippen LogP contribution in [0.4, 0.5) is 4.79 Å². The van der Waals surface area contributed by atoms with Crippen molar-refractivity contribution in [3.8, 4) is 5.75 Å². The molecule has 25 heavy (non-hydrogen) atoms. The summed E-state index contributed by atoms with van der Waals surface area (Å²) in [5.74, 6) is 0.355. The van der Waals surface area contributed by atoms with Crippen molar-refractivity contribution in [3.63, 3.8) is 0 Å². The molecule has 1 atom stereocenters. The molecule has 0 saturated carbocycles. The van der Waals surface area contributed by atoms with Crippen LogP contribution in [0.15, 0.2) is 35.5 Å². The number of urea groups is 1. The van der Waals surface area contributed by atoms with Crippen molar-refractivity contribution in [1.29, 1.82) is 0 Å². The molecule has 0 bridgehead atoms. The third-order valence-corrected chi connectivity index (χ3v) is 3.91. The third-order valence-electron chi connectivity index (χ3n) is 3.91. The van der Waals surface area contributed by atoms with Crippen LogP contribution in [-0.4, -0.2) is 25.2 Å². The van der Waals surface area contributed by atoms with Crippen molar-refractivity contribution in [3.05, 3.63) is 41.1 Å². The molecule has 1 aliphatic heterocycles. The van der Waals surface area contributed by atoms with E-state index in [9.17, 15) is 9.59 Å². The smallest absolute Gasteiger partial charge is 0.338 e. The van der Waals surface area contributed by atoms with E-state index in [2.05, 4.69) is 10.6 Å². The van der Waals surface area contributed by atoms with Gasteiger partial charge in [-0.2, -0.15) is 0 Å². The second-order valence-corrected chi connectivity index (χ2v) is 5.98. The maximum absolute atomic E-state index is 12.5. The number of hydrogen-bond acceptors (Lipinski definition) is 4. The molecule has 1 aliphatic rings. The maximum Gasteiger partial charge on any atom is 0.338 e. The molecule has 2 N–H and O–H groups in total. The van der Waals surface area contributed by atoms with Crippen LogP contribution in [-0.2, 0) is 9.53 Å². The van der Waals surface area contributed by atoms with Crippen LogP contribution in [0, 0.1) is 0 Å². The molecule has 0 radical (unpaired) electrons. The van der Waals surface area contributed by atoms with Crippen LogP contribution in [0.2, 0.25) is 0 Å². The zero-order valence-electron chi connectivity index (χ0n) is 15.1. The molecule has 0 fully saturated rings. The average Bonchev–Trinajstić information content (AvgIpc) is 2.59. The normalized spacial score (nSPS) is 16.9.